The van der Waals surface area contributed by atoms with Crippen molar-refractivity contribution in [3.63, 3.8) is 0 Å². The fourth-order valence-electron chi connectivity index (χ4n) is 3.89. The normalized spacial score (nSPS) is 14.5. The zero-order valence-electron chi connectivity index (χ0n) is 16.0. The Kier molecular flexibility index (Phi) is 4.68. The van der Waals surface area contributed by atoms with E-state index in [2.05, 4.69) is 56.3 Å². The number of benzene rings is 2. The Balaban J connectivity index is 1.72. The van der Waals surface area contributed by atoms with E-state index in [4.69, 9.17) is 4.98 Å². The molecular weight excluding hydrogens is 352 g/mol. The zero-order valence-corrected chi connectivity index (χ0v) is 16.8. The van der Waals surface area contributed by atoms with Crippen molar-refractivity contribution < 1.29 is 0 Å². The first-order valence-electron chi connectivity index (χ1n) is 9.34. The molecule has 2 aromatic carbocycles. The van der Waals surface area contributed by atoms with E-state index in [1.54, 1.807) is 16.3 Å². The zero-order chi connectivity index (χ0) is 19.0. The minimum absolute atomic E-state index is 0.0849. The molecule has 0 aliphatic heterocycles. The summed E-state index contributed by atoms with van der Waals surface area (Å²) in [5.74, 6) is 0.897. The van der Waals surface area contributed by atoms with Gasteiger partial charge < -0.3 is 0 Å². The third kappa shape index (κ3) is 3.34. The second-order valence-corrected chi connectivity index (χ2v) is 8.85. The maximum atomic E-state index is 13.2. The Bertz CT molecular complexity index is 1040. The summed E-state index contributed by atoms with van der Waals surface area (Å²) in [5, 5.41) is 0.794. The third-order valence-electron chi connectivity index (χ3n) is 5.30. The third-order valence-corrected chi connectivity index (χ3v) is 6.33. The molecule has 27 heavy (non-hydrogen) atoms. The highest BCUT2D eigenvalue weighted by atomic mass is 32.2. The molecule has 4 heteroatoms. The Morgan fingerprint density at radius 1 is 1.07 bits per heavy atom. The highest BCUT2D eigenvalue weighted by Crippen LogP contribution is 2.40. The van der Waals surface area contributed by atoms with Crippen molar-refractivity contribution in [2.75, 3.05) is 5.75 Å². The first-order valence-corrected chi connectivity index (χ1v) is 10.3. The fraction of sp³-hybridized carbons (Fsp3) is 0.304. The van der Waals surface area contributed by atoms with E-state index in [0.717, 1.165) is 40.6 Å². The van der Waals surface area contributed by atoms with Crippen LogP contribution in [0.5, 0.6) is 0 Å². The van der Waals surface area contributed by atoms with Gasteiger partial charge in [-0.1, -0.05) is 80.2 Å². The average molecular weight is 377 g/mol. The predicted molar refractivity (Wildman–Crippen MR) is 113 cm³/mol. The molecule has 3 nitrogen and oxygen atoms in total. The maximum absolute atomic E-state index is 13.2. The summed E-state index contributed by atoms with van der Waals surface area (Å²) in [6.45, 7) is 4.29. The lowest BCUT2D eigenvalue weighted by atomic mass is 9.72. The smallest absolute Gasteiger partial charge is 0.258 e. The van der Waals surface area contributed by atoms with Gasteiger partial charge in [-0.05, 0) is 24.0 Å². The summed E-state index contributed by atoms with van der Waals surface area (Å²) >= 11 is 1.66. The van der Waals surface area contributed by atoms with Crippen molar-refractivity contribution in [1.29, 1.82) is 0 Å². The van der Waals surface area contributed by atoms with E-state index in [9.17, 15) is 4.79 Å². The van der Waals surface area contributed by atoms with E-state index in [1.807, 2.05) is 19.2 Å². The number of hydrogen-bond donors (Lipinski definition) is 0. The minimum atomic E-state index is -0.210. The van der Waals surface area contributed by atoms with Crippen LogP contribution in [0.3, 0.4) is 0 Å². The summed E-state index contributed by atoms with van der Waals surface area (Å²) < 4.78 is 1.73. The average Bonchev–Trinajstić information content (AvgIpc) is 2.65. The van der Waals surface area contributed by atoms with Gasteiger partial charge in [-0.2, -0.15) is 0 Å². The number of thioether (sulfide) groups is 1. The Labute approximate surface area is 164 Å². The van der Waals surface area contributed by atoms with Gasteiger partial charge in [-0.3, -0.25) is 9.36 Å². The first kappa shape index (κ1) is 18.1. The van der Waals surface area contributed by atoms with Crippen LogP contribution >= 0.6 is 11.8 Å². The molecule has 0 N–H and O–H groups in total. The van der Waals surface area contributed by atoms with Crippen molar-refractivity contribution in [2.24, 2.45) is 7.05 Å². The molecular formula is C23H24N2OS. The van der Waals surface area contributed by atoms with Crippen LogP contribution in [0.15, 0.2) is 64.5 Å². The number of rotatable bonds is 4. The molecule has 4 rings (SSSR count). The number of hydrogen-bond acceptors (Lipinski definition) is 3. The molecule has 138 valence electrons. The van der Waals surface area contributed by atoms with E-state index in [-0.39, 0.29) is 11.0 Å². The first-order chi connectivity index (χ1) is 13.0. The van der Waals surface area contributed by atoms with Gasteiger partial charge in [0.25, 0.3) is 5.56 Å². The lowest BCUT2D eigenvalue weighted by Gasteiger charge is -2.33. The number of aromatic nitrogens is 2. The van der Waals surface area contributed by atoms with Gasteiger partial charge in [0.05, 0.1) is 5.69 Å². The van der Waals surface area contributed by atoms with Crippen molar-refractivity contribution in [3.05, 3.63) is 81.6 Å². The Morgan fingerprint density at radius 2 is 1.78 bits per heavy atom. The number of aryl methyl sites for hydroxylation is 1. The molecule has 1 aliphatic rings. The second kappa shape index (κ2) is 7.01. The molecule has 0 bridgehead atoms. The molecule has 1 aliphatic carbocycles. The molecule has 0 spiro atoms. The maximum Gasteiger partial charge on any atom is 0.258 e. The molecule has 0 radical (unpaired) electrons. The molecule has 0 amide bonds. The van der Waals surface area contributed by atoms with Crippen molar-refractivity contribution in [1.82, 2.24) is 9.55 Å². The van der Waals surface area contributed by atoms with E-state index >= 15 is 0 Å². The summed E-state index contributed by atoms with van der Waals surface area (Å²) in [6.07, 6.45) is 1.83. The molecule has 1 heterocycles. The van der Waals surface area contributed by atoms with Crippen molar-refractivity contribution in [3.8, 4) is 11.3 Å². The van der Waals surface area contributed by atoms with Gasteiger partial charge >= 0.3 is 0 Å². The number of nitrogens with zero attached hydrogens (tertiary/aromatic N) is 2. The summed E-state index contributed by atoms with van der Waals surface area (Å²) in [5.41, 5.74) is 5.27. The summed E-state index contributed by atoms with van der Waals surface area (Å²) in [4.78, 5) is 18.2. The second-order valence-electron chi connectivity index (χ2n) is 7.78. The SMILES string of the molecule is Cn1c(SCCc2ccccc2)nc2c(c1=O)C(C)(C)Cc1ccccc1-2. The van der Waals surface area contributed by atoms with Gasteiger partial charge in [-0.15, -0.1) is 0 Å². The van der Waals surface area contributed by atoms with Gasteiger partial charge in [0, 0.05) is 29.3 Å². The quantitative estimate of drug-likeness (QED) is 0.492. The van der Waals surface area contributed by atoms with Crippen LogP contribution in [-0.4, -0.2) is 15.3 Å². The summed E-state index contributed by atoms with van der Waals surface area (Å²) in [6, 6.07) is 18.8. The highest BCUT2D eigenvalue weighted by molar-refractivity contribution is 7.99. The molecule has 1 aromatic heterocycles. The lowest BCUT2D eigenvalue weighted by Crippen LogP contribution is -2.37. The minimum Gasteiger partial charge on any atom is -0.290 e. The van der Waals surface area contributed by atoms with Crippen LogP contribution in [-0.2, 0) is 25.3 Å². The predicted octanol–water partition coefficient (Wildman–Crippen LogP) is 4.62. The van der Waals surface area contributed by atoms with Gasteiger partial charge in [0.2, 0.25) is 0 Å². The highest BCUT2D eigenvalue weighted by Gasteiger charge is 2.35. The van der Waals surface area contributed by atoms with Crippen molar-refractivity contribution in [2.45, 2.75) is 37.3 Å². The van der Waals surface area contributed by atoms with E-state index in [0.29, 0.717) is 0 Å². The van der Waals surface area contributed by atoms with E-state index < -0.39 is 0 Å². The number of fused-ring (bicyclic) bond motifs is 3. The van der Waals surface area contributed by atoms with Gasteiger partial charge in [0.1, 0.15) is 0 Å². The molecule has 0 fully saturated rings. The molecule has 3 aromatic rings. The summed E-state index contributed by atoms with van der Waals surface area (Å²) in [7, 11) is 1.84. The van der Waals surface area contributed by atoms with Crippen LogP contribution in [0, 0.1) is 0 Å². The Morgan fingerprint density at radius 3 is 2.56 bits per heavy atom. The molecule has 0 saturated carbocycles. The lowest BCUT2D eigenvalue weighted by molar-refractivity contribution is 0.494. The van der Waals surface area contributed by atoms with Crippen LogP contribution in [0.1, 0.15) is 30.5 Å². The molecule has 0 saturated heterocycles. The largest absolute Gasteiger partial charge is 0.290 e. The van der Waals surface area contributed by atoms with Gasteiger partial charge in [-0.25, -0.2) is 4.98 Å². The van der Waals surface area contributed by atoms with Crippen molar-refractivity contribution >= 4 is 11.8 Å². The fourth-order valence-corrected chi connectivity index (χ4v) is 4.84. The van der Waals surface area contributed by atoms with Crippen LogP contribution in [0.25, 0.3) is 11.3 Å². The van der Waals surface area contributed by atoms with Gasteiger partial charge in [0.15, 0.2) is 5.16 Å². The Hall–Kier alpha value is -2.33. The van der Waals surface area contributed by atoms with E-state index in [1.165, 1.54) is 11.1 Å². The standard InChI is InChI=1S/C23H24N2OS/c1-23(2)15-17-11-7-8-12-18(17)20-19(23)21(26)25(3)22(24-20)27-14-13-16-9-5-4-6-10-16/h4-12H,13-15H2,1-3H3. The van der Waals surface area contributed by atoms with Crippen LogP contribution in [0.4, 0.5) is 0 Å². The van der Waals surface area contributed by atoms with Crippen LogP contribution in [0.2, 0.25) is 0 Å². The molecule has 0 unspecified atom stereocenters. The topological polar surface area (TPSA) is 34.9 Å². The monoisotopic (exact) mass is 376 g/mol. The van der Waals surface area contributed by atoms with Crippen LogP contribution < -0.4 is 5.56 Å². The molecule has 0 atom stereocenters.